The minimum atomic E-state index is 0.576. The predicted octanol–water partition coefficient (Wildman–Crippen LogP) is 4.23. The van der Waals surface area contributed by atoms with Crippen LogP contribution in [0.3, 0.4) is 0 Å². The van der Waals surface area contributed by atoms with Crippen LogP contribution in [-0.2, 0) is 0 Å². The first-order valence-electron chi connectivity index (χ1n) is 5.35. The number of benzene rings is 2. The quantitative estimate of drug-likeness (QED) is 0.659. The number of hydrogen-bond acceptors (Lipinski definition) is 2. The van der Waals surface area contributed by atoms with Gasteiger partial charge in [0, 0.05) is 15.1 Å². The Morgan fingerprint density at radius 2 is 2.00 bits per heavy atom. The summed E-state index contributed by atoms with van der Waals surface area (Å²) in [7, 11) is 0. The molecule has 90 valence electrons. The van der Waals surface area contributed by atoms with Crippen molar-refractivity contribution in [2.24, 2.45) is 0 Å². The van der Waals surface area contributed by atoms with Crippen LogP contribution in [-0.4, -0.2) is 9.97 Å². The third-order valence-corrected chi connectivity index (χ3v) is 3.62. The lowest BCUT2D eigenvalue weighted by Gasteiger charge is -1.98. The number of anilines is 1. The monoisotopic (exact) mass is 321 g/mol. The second kappa shape index (κ2) is 4.30. The molecule has 0 fully saturated rings. The lowest BCUT2D eigenvalue weighted by molar-refractivity contribution is 1.33. The predicted molar refractivity (Wildman–Crippen MR) is 78.7 cm³/mol. The maximum Gasteiger partial charge on any atom is 0.139 e. The number of halogens is 2. The fraction of sp³-hybridized carbons (Fsp3) is 0. The van der Waals surface area contributed by atoms with Crippen LogP contribution in [0.5, 0.6) is 0 Å². The molecule has 3 nitrogen and oxygen atoms in total. The first kappa shape index (κ1) is 11.6. The van der Waals surface area contributed by atoms with Crippen LogP contribution in [0.4, 0.5) is 5.69 Å². The van der Waals surface area contributed by atoms with Gasteiger partial charge in [0.15, 0.2) is 0 Å². The maximum atomic E-state index is 5.97. The number of nitrogen functional groups attached to an aromatic ring is 1. The van der Waals surface area contributed by atoms with E-state index in [1.807, 2.05) is 30.3 Å². The third-order valence-electron chi connectivity index (χ3n) is 2.71. The Bertz CT molecular complexity index is 736. The Labute approximate surface area is 117 Å². The number of imidazole rings is 1. The van der Waals surface area contributed by atoms with Crippen LogP contribution in [0.2, 0.25) is 5.02 Å². The van der Waals surface area contributed by atoms with Crippen molar-refractivity contribution in [3.63, 3.8) is 0 Å². The molecule has 3 rings (SSSR count). The second-order valence-electron chi connectivity index (χ2n) is 3.96. The van der Waals surface area contributed by atoms with Crippen molar-refractivity contribution in [1.29, 1.82) is 0 Å². The summed E-state index contributed by atoms with van der Waals surface area (Å²) in [5.74, 6) is 0.770. The van der Waals surface area contributed by atoms with Crippen LogP contribution in [0.25, 0.3) is 22.4 Å². The summed E-state index contributed by atoms with van der Waals surface area (Å²) in [6, 6.07) is 11.4. The van der Waals surface area contributed by atoms with Gasteiger partial charge in [-0.15, -0.1) is 0 Å². The Hall–Kier alpha value is -1.52. The summed E-state index contributed by atoms with van der Waals surface area (Å²) < 4.78 is 0.980. The fourth-order valence-electron chi connectivity index (χ4n) is 1.89. The van der Waals surface area contributed by atoms with Gasteiger partial charge in [-0.2, -0.15) is 0 Å². The zero-order chi connectivity index (χ0) is 12.7. The van der Waals surface area contributed by atoms with E-state index in [0.717, 1.165) is 26.9 Å². The lowest BCUT2D eigenvalue weighted by Crippen LogP contribution is -1.86. The van der Waals surface area contributed by atoms with Gasteiger partial charge in [0.1, 0.15) is 11.3 Å². The number of rotatable bonds is 1. The van der Waals surface area contributed by atoms with Gasteiger partial charge in [0.2, 0.25) is 0 Å². The van der Waals surface area contributed by atoms with Gasteiger partial charge in [-0.3, -0.25) is 0 Å². The van der Waals surface area contributed by atoms with Crippen molar-refractivity contribution in [3.05, 3.63) is 45.9 Å². The van der Waals surface area contributed by atoms with Crippen molar-refractivity contribution in [3.8, 4) is 11.4 Å². The summed E-state index contributed by atoms with van der Waals surface area (Å²) in [6.07, 6.45) is 0. The number of nitrogens with one attached hydrogen (secondary N) is 1. The summed E-state index contributed by atoms with van der Waals surface area (Å²) in [4.78, 5) is 7.74. The molecule has 18 heavy (non-hydrogen) atoms. The van der Waals surface area contributed by atoms with Gasteiger partial charge < -0.3 is 10.7 Å². The molecule has 0 saturated carbocycles. The van der Waals surface area contributed by atoms with Gasteiger partial charge >= 0.3 is 0 Å². The molecule has 0 saturated heterocycles. The van der Waals surface area contributed by atoms with Gasteiger partial charge in [0.25, 0.3) is 0 Å². The van der Waals surface area contributed by atoms with Gasteiger partial charge in [-0.25, -0.2) is 4.98 Å². The van der Waals surface area contributed by atoms with Crippen LogP contribution < -0.4 is 5.73 Å². The summed E-state index contributed by atoms with van der Waals surface area (Å²) in [5, 5.41) is 0.599. The lowest BCUT2D eigenvalue weighted by atomic mass is 10.2. The molecular formula is C13H9BrClN3. The molecule has 0 aliphatic rings. The molecule has 0 atom stereocenters. The third kappa shape index (κ3) is 1.87. The molecule has 0 unspecified atom stereocenters. The van der Waals surface area contributed by atoms with E-state index >= 15 is 0 Å². The first-order chi connectivity index (χ1) is 8.65. The van der Waals surface area contributed by atoms with Crippen LogP contribution in [0.1, 0.15) is 0 Å². The second-order valence-corrected chi connectivity index (χ2v) is 5.25. The van der Waals surface area contributed by atoms with E-state index in [9.17, 15) is 0 Å². The number of hydrogen-bond donors (Lipinski definition) is 2. The molecule has 5 heteroatoms. The summed E-state index contributed by atoms with van der Waals surface area (Å²) in [6.45, 7) is 0. The summed E-state index contributed by atoms with van der Waals surface area (Å²) >= 11 is 9.48. The topological polar surface area (TPSA) is 54.7 Å². The van der Waals surface area contributed by atoms with E-state index < -0.39 is 0 Å². The first-order valence-corrected chi connectivity index (χ1v) is 6.52. The van der Waals surface area contributed by atoms with Gasteiger partial charge in [-0.05, 0) is 18.2 Å². The van der Waals surface area contributed by atoms with Crippen LogP contribution >= 0.6 is 27.5 Å². The van der Waals surface area contributed by atoms with Crippen LogP contribution in [0.15, 0.2) is 40.9 Å². The minimum Gasteiger partial charge on any atom is -0.397 e. The van der Waals surface area contributed by atoms with E-state index in [4.69, 9.17) is 17.3 Å². The van der Waals surface area contributed by atoms with Crippen molar-refractivity contribution in [2.45, 2.75) is 0 Å². The van der Waals surface area contributed by atoms with Crippen LogP contribution in [0, 0.1) is 0 Å². The van der Waals surface area contributed by atoms with Crippen molar-refractivity contribution < 1.29 is 0 Å². The minimum absolute atomic E-state index is 0.576. The van der Waals surface area contributed by atoms with Crippen molar-refractivity contribution >= 4 is 44.3 Å². The van der Waals surface area contributed by atoms with Gasteiger partial charge in [0.05, 0.1) is 11.2 Å². The van der Waals surface area contributed by atoms with E-state index in [2.05, 4.69) is 25.9 Å². The summed E-state index contributed by atoms with van der Waals surface area (Å²) in [5.41, 5.74) is 9.05. The zero-order valence-electron chi connectivity index (χ0n) is 9.24. The van der Waals surface area contributed by atoms with E-state index in [1.54, 1.807) is 6.07 Å². The molecule has 1 aromatic heterocycles. The molecule has 0 aliphatic carbocycles. The molecular weight excluding hydrogens is 314 g/mol. The maximum absolute atomic E-state index is 5.97. The highest BCUT2D eigenvalue weighted by atomic mass is 79.9. The Kier molecular flexibility index (Phi) is 2.76. The number of fused-ring (bicyclic) bond motifs is 1. The number of aromatic amines is 1. The largest absolute Gasteiger partial charge is 0.397 e. The Morgan fingerprint density at radius 3 is 2.78 bits per heavy atom. The number of nitrogens with zero attached hydrogens (tertiary/aromatic N) is 1. The highest BCUT2D eigenvalue weighted by molar-refractivity contribution is 9.10. The van der Waals surface area contributed by atoms with Crippen molar-refractivity contribution in [2.75, 3.05) is 5.73 Å². The molecule has 2 aromatic carbocycles. The molecule has 3 aromatic rings. The number of aromatic nitrogens is 2. The SMILES string of the molecule is Nc1cc(Cl)cc2[nH]c(-c3ccccc3Br)nc12. The van der Waals surface area contributed by atoms with Gasteiger partial charge in [-0.1, -0.05) is 45.7 Å². The molecule has 1 heterocycles. The molecule has 0 radical (unpaired) electrons. The van der Waals surface area contributed by atoms with E-state index in [1.165, 1.54) is 0 Å². The highest BCUT2D eigenvalue weighted by Gasteiger charge is 2.10. The normalized spacial score (nSPS) is 11.0. The molecule has 0 bridgehead atoms. The molecule has 0 aliphatic heterocycles. The number of H-pyrrole nitrogens is 1. The Balaban J connectivity index is 2.26. The molecule has 0 spiro atoms. The standard InChI is InChI=1S/C13H9BrClN3/c14-9-4-2-1-3-8(9)13-17-11-6-7(15)5-10(16)12(11)18-13/h1-6H,16H2,(H,17,18). The average molecular weight is 323 g/mol. The zero-order valence-corrected chi connectivity index (χ0v) is 11.6. The van der Waals surface area contributed by atoms with Crippen molar-refractivity contribution in [1.82, 2.24) is 9.97 Å². The average Bonchev–Trinajstić information content (AvgIpc) is 2.73. The smallest absolute Gasteiger partial charge is 0.139 e. The number of nitrogens with two attached hydrogens (primary N) is 1. The van der Waals surface area contributed by atoms with E-state index in [0.29, 0.717) is 10.7 Å². The molecule has 0 amide bonds. The fourth-order valence-corrected chi connectivity index (χ4v) is 2.59. The molecule has 3 N–H and O–H groups in total. The highest BCUT2D eigenvalue weighted by Crippen LogP contribution is 2.30. The Morgan fingerprint density at radius 1 is 1.22 bits per heavy atom. The van der Waals surface area contributed by atoms with E-state index in [-0.39, 0.29) is 0 Å².